The molecule has 0 fully saturated rings. The molecule has 0 aliphatic rings. The van der Waals surface area contributed by atoms with E-state index in [9.17, 15) is 8.42 Å². The molecule has 56 valence electrons. The third-order valence-electron chi connectivity index (χ3n) is 0.757. The van der Waals surface area contributed by atoms with Crippen LogP contribution in [-0.2, 0) is 10.1 Å². The fourth-order valence-electron chi connectivity index (χ4n) is 0.386. The number of aromatic nitrogens is 3. The van der Waals surface area contributed by atoms with Crippen molar-refractivity contribution in [1.82, 2.24) is 15.4 Å². The lowest BCUT2D eigenvalue weighted by Gasteiger charge is -1.87. The number of hydrogen-bond donors (Lipinski definition) is 3. The average Bonchev–Trinajstić information content (AvgIpc) is 2.11. The molecule has 0 aromatic carbocycles. The minimum absolute atomic E-state index is 0.150. The Labute approximate surface area is 61.8 Å². The Morgan fingerprint density at radius 2 is 2.20 bits per heavy atom. The van der Waals surface area contributed by atoms with Gasteiger partial charge in [0.2, 0.25) is 5.03 Å². The lowest BCUT2D eigenvalue weighted by molar-refractivity contribution is 0.476. The summed E-state index contributed by atoms with van der Waals surface area (Å²) in [6, 6.07) is 0. The van der Waals surface area contributed by atoms with Crippen LogP contribution in [-0.4, -0.2) is 28.4 Å². The fourth-order valence-corrected chi connectivity index (χ4v) is 1.25. The molecule has 8 heteroatoms. The summed E-state index contributed by atoms with van der Waals surface area (Å²) in [4.78, 5) is 0. The molecule has 1 heterocycles. The third-order valence-corrected chi connectivity index (χ3v) is 2.02. The van der Waals surface area contributed by atoms with Crippen LogP contribution in [0.2, 0.25) is 0 Å². The molecule has 1 aromatic heterocycles. The number of thiol groups is 1. The van der Waals surface area contributed by atoms with E-state index in [1.807, 2.05) is 5.10 Å². The highest BCUT2D eigenvalue weighted by atomic mass is 32.2. The maximum atomic E-state index is 10.3. The van der Waals surface area contributed by atoms with Crippen LogP contribution in [0.5, 0.6) is 0 Å². The van der Waals surface area contributed by atoms with Gasteiger partial charge < -0.3 is 0 Å². The molecule has 0 spiro atoms. The van der Waals surface area contributed by atoms with Crippen molar-refractivity contribution in [2.45, 2.75) is 10.1 Å². The summed E-state index contributed by atoms with van der Waals surface area (Å²) in [5.41, 5.74) is 0. The van der Waals surface area contributed by atoms with Crippen molar-refractivity contribution in [1.29, 1.82) is 0 Å². The molecule has 0 aliphatic heterocycles. The van der Waals surface area contributed by atoms with Gasteiger partial charge >= 0.3 is 10.1 Å². The zero-order valence-electron chi connectivity index (χ0n) is 4.51. The van der Waals surface area contributed by atoms with Crippen molar-refractivity contribution in [3.63, 3.8) is 0 Å². The third kappa shape index (κ3) is 1.28. The fraction of sp³-hybridized carbons (Fsp3) is 0. The van der Waals surface area contributed by atoms with Crippen molar-refractivity contribution in [3.05, 3.63) is 0 Å². The number of hydrogen-bond acceptors (Lipinski definition) is 5. The molecule has 0 atom stereocenters. The van der Waals surface area contributed by atoms with Gasteiger partial charge in [0.05, 0.1) is 0 Å². The van der Waals surface area contributed by atoms with Crippen molar-refractivity contribution in [2.24, 2.45) is 0 Å². The Bertz CT molecular complexity index is 327. The SMILES string of the molecule is O=S(=O)(O)c1[nH]nnc1S. The van der Waals surface area contributed by atoms with E-state index in [4.69, 9.17) is 4.55 Å². The zero-order chi connectivity index (χ0) is 7.78. The molecule has 0 saturated carbocycles. The van der Waals surface area contributed by atoms with E-state index in [0.29, 0.717) is 0 Å². The van der Waals surface area contributed by atoms with Crippen LogP contribution in [0.15, 0.2) is 10.1 Å². The first-order valence-corrected chi connectivity index (χ1v) is 3.98. The predicted octanol–water partition coefficient (Wildman–Crippen LogP) is -0.660. The number of H-pyrrole nitrogens is 1. The molecule has 6 nitrogen and oxygen atoms in total. The standard InChI is InChI=1S/C2H3N3O3S2/c6-10(7,8)2-1(9)3-5-4-2/h(H,6,7,8)(H2,3,4,5,9). The van der Waals surface area contributed by atoms with Gasteiger partial charge in [-0.05, 0) is 0 Å². The molecule has 0 amide bonds. The summed E-state index contributed by atoms with van der Waals surface area (Å²) in [6.45, 7) is 0. The topological polar surface area (TPSA) is 95.9 Å². The molecule has 1 rings (SSSR count). The maximum absolute atomic E-state index is 10.3. The van der Waals surface area contributed by atoms with Crippen molar-refractivity contribution in [3.8, 4) is 0 Å². The zero-order valence-corrected chi connectivity index (χ0v) is 6.22. The van der Waals surface area contributed by atoms with E-state index < -0.39 is 15.1 Å². The lowest BCUT2D eigenvalue weighted by atomic mass is 10.9. The van der Waals surface area contributed by atoms with Gasteiger partial charge in [0.1, 0.15) is 0 Å². The first kappa shape index (κ1) is 7.51. The van der Waals surface area contributed by atoms with E-state index in [2.05, 4.69) is 22.9 Å². The van der Waals surface area contributed by atoms with Gasteiger partial charge in [0, 0.05) is 0 Å². The van der Waals surface area contributed by atoms with Crippen LogP contribution < -0.4 is 0 Å². The van der Waals surface area contributed by atoms with Gasteiger partial charge in [0.25, 0.3) is 0 Å². The monoisotopic (exact) mass is 181 g/mol. The predicted molar refractivity (Wildman–Crippen MR) is 33.4 cm³/mol. The van der Waals surface area contributed by atoms with E-state index in [1.165, 1.54) is 0 Å². The molecule has 0 unspecified atom stereocenters. The van der Waals surface area contributed by atoms with Gasteiger partial charge in [0.15, 0.2) is 5.03 Å². The summed E-state index contributed by atoms with van der Waals surface area (Å²) < 4.78 is 29.0. The molecule has 0 radical (unpaired) electrons. The molecule has 2 N–H and O–H groups in total. The Hall–Kier alpha value is -0.600. The van der Waals surface area contributed by atoms with E-state index >= 15 is 0 Å². The lowest BCUT2D eigenvalue weighted by Crippen LogP contribution is -1.99. The van der Waals surface area contributed by atoms with Gasteiger partial charge in [-0.1, -0.05) is 5.21 Å². The molecule has 10 heavy (non-hydrogen) atoms. The number of nitrogens with one attached hydrogen (secondary N) is 1. The Kier molecular flexibility index (Phi) is 1.67. The van der Waals surface area contributed by atoms with Crippen molar-refractivity contribution in [2.75, 3.05) is 0 Å². The summed E-state index contributed by atoms with van der Waals surface area (Å²) in [6.07, 6.45) is 0. The summed E-state index contributed by atoms with van der Waals surface area (Å²) >= 11 is 3.60. The van der Waals surface area contributed by atoms with Gasteiger partial charge in [-0.3, -0.25) is 4.55 Å². The second-order valence-electron chi connectivity index (χ2n) is 1.44. The van der Waals surface area contributed by atoms with Crippen LogP contribution in [0.1, 0.15) is 0 Å². The Morgan fingerprint density at radius 3 is 2.40 bits per heavy atom. The summed E-state index contributed by atoms with van der Waals surface area (Å²) in [5.74, 6) is 0. The highest BCUT2D eigenvalue weighted by molar-refractivity contribution is 7.87. The second-order valence-corrected chi connectivity index (χ2v) is 3.22. The number of aromatic amines is 1. The second kappa shape index (κ2) is 2.22. The minimum atomic E-state index is -4.25. The number of nitrogens with zero attached hydrogens (tertiary/aromatic N) is 2. The first-order valence-electron chi connectivity index (χ1n) is 2.09. The number of rotatable bonds is 1. The normalized spacial score (nSPS) is 11.8. The van der Waals surface area contributed by atoms with Crippen LogP contribution in [0.3, 0.4) is 0 Å². The van der Waals surface area contributed by atoms with Crippen molar-refractivity contribution >= 4 is 22.7 Å². The van der Waals surface area contributed by atoms with Crippen molar-refractivity contribution < 1.29 is 13.0 Å². The van der Waals surface area contributed by atoms with Gasteiger partial charge in [-0.25, -0.2) is 5.10 Å². The summed E-state index contributed by atoms with van der Waals surface area (Å²) in [5, 5.41) is 7.63. The molecule has 1 aromatic rings. The minimum Gasteiger partial charge on any atom is -0.281 e. The Balaban J connectivity index is 3.32. The van der Waals surface area contributed by atoms with Crippen LogP contribution >= 0.6 is 12.6 Å². The smallest absolute Gasteiger partial charge is 0.281 e. The quantitative estimate of drug-likeness (QED) is 0.395. The maximum Gasteiger partial charge on any atom is 0.314 e. The molecule has 0 saturated heterocycles. The largest absolute Gasteiger partial charge is 0.314 e. The Morgan fingerprint density at radius 1 is 1.60 bits per heavy atom. The van der Waals surface area contributed by atoms with E-state index in [1.54, 1.807) is 0 Å². The van der Waals surface area contributed by atoms with E-state index in [0.717, 1.165) is 0 Å². The van der Waals surface area contributed by atoms with Gasteiger partial charge in [-0.2, -0.15) is 8.42 Å². The average molecular weight is 181 g/mol. The molecule has 0 aliphatic carbocycles. The van der Waals surface area contributed by atoms with Crippen LogP contribution in [0.4, 0.5) is 0 Å². The molecule has 0 bridgehead atoms. The highest BCUT2D eigenvalue weighted by Crippen LogP contribution is 2.10. The molecular formula is C2H3N3O3S2. The highest BCUT2D eigenvalue weighted by Gasteiger charge is 2.16. The summed E-state index contributed by atoms with van der Waals surface area (Å²) in [7, 11) is -4.25. The van der Waals surface area contributed by atoms with Crippen LogP contribution in [0.25, 0.3) is 0 Å². The van der Waals surface area contributed by atoms with Gasteiger partial charge in [-0.15, -0.1) is 17.7 Å². The van der Waals surface area contributed by atoms with Crippen LogP contribution in [0, 0.1) is 0 Å². The van der Waals surface area contributed by atoms with E-state index in [-0.39, 0.29) is 5.03 Å². The first-order chi connectivity index (χ1) is 4.52. The molecular weight excluding hydrogens is 178 g/mol.